The van der Waals surface area contributed by atoms with Gasteiger partial charge in [-0.2, -0.15) is 9.97 Å². The number of rotatable bonds is 9. The van der Waals surface area contributed by atoms with Crippen LogP contribution >= 0.6 is 0 Å². The van der Waals surface area contributed by atoms with Crippen molar-refractivity contribution >= 4 is 21.8 Å². The molecule has 0 radical (unpaired) electrons. The van der Waals surface area contributed by atoms with Crippen LogP contribution in [0.3, 0.4) is 0 Å². The molecule has 0 unspecified atom stereocenters. The molecule has 254 valence electrons. The number of methoxy groups -OCH3 is 2. The summed E-state index contributed by atoms with van der Waals surface area (Å²) in [5, 5.41) is 19.2. The molecule has 8 rings (SSSR count). The van der Waals surface area contributed by atoms with Gasteiger partial charge in [0.1, 0.15) is 36.2 Å². The summed E-state index contributed by atoms with van der Waals surface area (Å²) in [6.45, 7) is -0.499. The number of fused-ring (bicyclic) bond motifs is 2. The van der Waals surface area contributed by atoms with Crippen molar-refractivity contribution < 1.29 is 32.8 Å². The van der Waals surface area contributed by atoms with Crippen molar-refractivity contribution in [2.75, 3.05) is 27.5 Å². The van der Waals surface area contributed by atoms with E-state index in [2.05, 4.69) is 40.2 Å². The molecule has 0 aliphatic carbocycles. The average molecular weight is 686 g/mol. The maximum Gasteiger partial charge on any atom is 0.258 e. The number of aromatic hydroxyl groups is 1. The highest BCUT2D eigenvalue weighted by Crippen LogP contribution is 2.27. The highest BCUT2D eigenvalue weighted by atomic mass is 18.2. The molecular formula is C36H27FN8O6. The third-order valence-corrected chi connectivity index (χ3v) is 7.37. The molecular weight excluding hydrogens is 658 g/mol. The van der Waals surface area contributed by atoms with E-state index in [0.717, 1.165) is 21.8 Å². The summed E-state index contributed by atoms with van der Waals surface area (Å²) in [6.07, 6.45) is 3.22. The number of phenolic OH excluding ortho intramolecular Hbond substituents is 1. The van der Waals surface area contributed by atoms with Gasteiger partial charge in [0.15, 0.2) is 0 Å². The van der Waals surface area contributed by atoms with Crippen LogP contribution in [0, 0.1) is 0 Å². The van der Waals surface area contributed by atoms with E-state index < -0.39 is 6.67 Å². The van der Waals surface area contributed by atoms with Crippen LogP contribution in [0.4, 0.5) is 4.39 Å². The van der Waals surface area contributed by atoms with E-state index in [0.29, 0.717) is 63.5 Å². The molecule has 0 aliphatic rings. The van der Waals surface area contributed by atoms with Gasteiger partial charge >= 0.3 is 0 Å². The predicted molar refractivity (Wildman–Crippen MR) is 183 cm³/mol. The molecule has 1 N–H and O–H groups in total. The van der Waals surface area contributed by atoms with Crippen LogP contribution in [0.25, 0.3) is 67.8 Å². The van der Waals surface area contributed by atoms with Gasteiger partial charge in [-0.3, -0.25) is 0 Å². The number of hydrogen-bond acceptors (Lipinski definition) is 14. The second kappa shape index (κ2) is 14.6. The highest BCUT2D eigenvalue weighted by molar-refractivity contribution is 5.83. The second-order valence-corrected chi connectivity index (χ2v) is 10.7. The van der Waals surface area contributed by atoms with Crippen LogP contribution in [-0.2, 0) is 0 Å². The molecule has 6 heterocycles. The van der Waals surface area contributed by atoms with Gasteiger partial charge in [0.2, 0.25) is 23.4 Å². The monoisotopic (exact) mass is 685 g/mol. The number of aromatic nitrogens is 8. The SMILES string of the molecule is COc1cc(-c2nc(-c3ccc4cc(O)ccc4n3)no2)ccn1.COc1cc(-c2nc(-c3ccc4cc(OCC[18F])ccc4n3)no2)ccn1. The first-order valence-corrected chi connectivity index (χ1v) is 15.4. The summed E-state index contributed by atoms with van der Waals surface area (Å²) >= 11 is 0. The normalized spacial score (nSPS) is 10.9. The molecule has 14 nitrogen and oxygen atoms in total. The highest BCUT2D eigenvalue weighted by Gasteiger charge is 2.15. The maximum absolute atomic E-state index is 12.2. The summed E-state index contributed by atoms with van der Waals surface area (Å²) in [5.41, 5.74) is 4.07. The fourth-order valence-corrected chi connectivity index (χ4v) is 4.91. The zero-order chi connectivity index (χ0) is 35.2. The number of phenols is 1. The van der Waals surface area contributed by atoms with E-state index in [4.69, 9.17) is 23.3 Å². The van der Waals surface area contributed by atoms with Gasteiger partial charge in [-0.15, -0.1) is 0 Å². The Balaban J connectivity index is 0.000000160. The van der Waals surface area contributed by atoms with E-state index in [1.54, 1.807) is 93.3 Å². The van der Waals surface area contributed by atoms with Gasteiger partial charge in [0.25, 0.3) is 11.8 Å². The Kier molecular flexibility index (Phi) is 9.32. The van der Waals surface area contributed by atoms with Crippen molar-refractivity contribution in [3.8, 4) is 69.2 Å². The van der Waals surface area contributed by atoms with Crippen molar-refractivity contribution in [3.05, 3.63) is 97.3 Å². The smallest absolute Gasteiger partial charge is 0.258 e. The first-order chi connectivity index (χ1) is 25.0. The first-order valence-electron chi connectivity index (χ1n) is 15.4. The number of nitrogens with zero attached hydrogens (tertiary/aromatic N) is 8. The van der Waals surface area contributed by atoms with Gasteiger partial charge in [-0.1, -0.05) is 22.4 Å². The minimum atomic E-state index is -0.529. The Labute approximate surface area is 288 Å². The number of hydrogen-bond donors (Lipinski definition) is 1. The quantitative estimate of drug-likeness (QED) is 0.168. The lowest BCUT2D eigenvalue weighted by Crippen LogP contribution is -1.98. The number of alkyl halides is 1. The van der Waals surface area contributed by atoms with Gasteiger partial charge in [0, 0.05) is 46.4 Å². The summed E-state index contributed by atoms with van der Waals surface area (Å²) in [6, 6.07) is 24.6. The Morgan fingerprint density at radius 3 is 1.73 bits per heavy atom. The van der Waals surface area contributed by atoms with Gasteiger partial charge in [-0.05, 0) is 60.7 Å². The summed E-state index contributed by atoms with van der Waals surface area (Å²) in [7, 11) is 3.08. The number of ether oxygens (including phenoxy) is 3. The lowest BCUT2D eigenvalue weighted by Gasteiger charge is -2.05. The van der Waals surface area contributed by atoms with Gasteiger partial charge in [-0.25, -0.2) is 24.3 Å². The molecule has 2 aromatic carbocycles. The number of pyridine rings is 4. The zero-order valence-corrected chi connectivity index (χ0v) is 27.1. The van der Waals surface area contributed by atoms with E-state index in [-0.39, 0.29) is 12.4 Å². The maximum atomic E-state index is 12.2. The second-order valence-electron chi connectivity index (χ2n) is 10.7. The molecule has 8 aromatic rings. The van der Waals surface area contributed by atoms with Crippen LogP contribution in [0.2, 0.25) is 0 Å². The van der Waals surface area contributed by atoms with Crippen molar-refractivity contribution in [1.29, 1.82) is 0 Å². The Hall–Kier alpha value is -7.03. The predicted octanol–water partition coefficient (Wildman–Crippen LogP) is 6.76. The molecule has 0 saturated heterocycles. The van der Waals surface area contributed by atoms with Crippen LogP contribution in [-0.4, -0.2) is 72.8 Å². The fraction of sp³-hybridized carbons (Fsp3) is 0.111. The van der Waals surface area contributed by atoms with Gasteiger partial charge < -0.3 is 28.4 Å². The average Bonchev–Trinajstić information content (AvgIpc) is 3.89. The lowest BCUT2D eigenvalue weighted by molar-refractivity contribution is 0.273. The molecule has 0 bridgehead atoms. The van der Waals surface area contributed by atoms with E-state index in [9.17, 15) is 9.50 Å². The minimum Gasteiger partial charge on any atom is -0.508 e. The van der Waals surface area contributed by atoms with Crippen LogP contribution in [0.5, 0.6) is 23.3 Å². The van der Waals surface area contributed by atoms with Gasteiger partial charge in [0.05, 0.1) is 25.3 Å². The molecule has 15 heteroatoms. The molecule has 0 aliphatic heterocycles. The Bertz CT molecular complexity index is 2450. The topological polar surface area (TPSA) is 177 Å². The molecule has 6 aromatic heterocycles. The van der Waals surface area contributed by atoms with Crippen LogP contribution in [0.1, 0.15) is 0 Å². The lowest BCUT2D eigenvalue weighted by atomic mass is 10.2. The Morgan fingerprint density at radius 2 is 1.18 bits per heavy atom. The van der Waals surface area contributed by atoms with Crippen molar-refractivity contribution in [2.45, 2.75) is 0 Å². The summed E-state index contributed by atoms with van der Waals surface area (Å²) in [4.78, 5) is 25.9. The summed E-state index contributed by atoms with van der Waals surface area (Å²) in [5.74, 6) is 3.20. The molecule has 0 saturated carbocycles. The Morgan fingerprint density at radius 1 is 0.627 bits per heavy atom. The molecule has 0 atom stereocenters. The number of halogens is 1. The number of benzene rings is 2. The standard InChI is InChI=1S/C19H15FN4O3.C17H12N4O3/c1-25-17-11-13(6-8-21-17)19-23-18(24-27-19)16-4-2-12-10-14(26-9-7-20)3-5-15(12)22-16;1-23-15-9-11(6-7-18-15)17-20-16(21-24-17)14-4-2-10-8-12(22)3-5-13(10)19-14/h2-6,8,10-11H,7,9H2,1H3;2-9,22H,1H3/i20-1;. The largest absolute Gasteiger partial charge is 0.508 e. The molecule has 0 amide bonds. The zero-order valence-electron chi connectivity index (χ0n) is 27.1. The van der Waals surface area contributed by atoms with Crippen LogP contribution in [0.15, 0.2) is 106 Å². The van der Waals surface area contributed by atoms with Crippen molar-refractivity contribution in [1.82, 2.24) is 40.2 Å². The van der Waals surface area contributed by atoms with Crippen molar-refractivity contribution in [2.24, 2.45) is 0 Å². The third kappa shape index (κ3) is 7.36. The fourth-order valence-electron chi connectivity index (χ4n) is 4.91. The molecule has 0 spiro atoms. The van der Waals surface area contributed by atoms with Crippen molar-refractivity contribution in [3.63, 3.8) is 0 Å². The summed E-state index contributed by atoms with van der Waals surface area (Å²) < 4.78 is 38.4. The minimum absolute atomic E-state index is 0.0302. The van der Waals surface area contributed by atoms with Crippen LogP contribution < -0.4 is 14.2 Å². The van der Waals surface area contributed by atoms with E-state index in [1.807, 2.05) is 18.2 Å². The molecule has 51 heavy (non-hydrogen) atoms. The van der Waals surface area contributed by atoms with E-state index >= 15 is 0 Å². The molecule has 0 fully saturated rings. The van der Waals surface area contributed by atoms with E-state index in [1.165, 1.54) is 0 Å². The third-order valence-electron chi connectivity index (χ3n) is 7.37. The first kappa shape index (κ1) is 32.5.